The number of nitrogens with one attached hydrogen (secondary N) is 2. The molecule has 0 unspecified atom stereocenters. The van der Waals surface area contributed by atoms with Gasteiger partial charge in [0.25, 0.3) is 0 Å². The van der Waals surface area contributed by atoms with E-state index in [2.05, 4.69) is 63.9 Å². The average Bonchev–Trinajstić information content (AvgIpc) is 2.73. The van der Waals surface area contributed by atoms with Gasteiger partial charge in [-0.05, 0) is 61.2 Å². The van der Waals surface area contributed by atoms with E-state index in [1.165, 1.54) is 16.7 Å². The average molecular weight is 393 g/mol. The summed E-state index contributed by atoms with van der Waals surface area (Å²) < 4.78 is 0. The van der Waals surface area contributed by atoms with Crippen LogP contribution in [0.2, 0.25) is 5.15 Å². The second-order valence-corrected chi connectivity index (χ2v) is 7.76. The Hall–Kier alpha value is -2.43. The first-order chi connectivity index (χ1) is 13.7. The van der Waals surface area contributed by atoms with Crippen molar-refractivity contribution in [3.8, 4) is 0 Å². The SMILES string of the molecule is Cc1cc(Cl)ncc1CCN[C@H](c1ccccc1)[C@H]1CNc2cccnc2C1. The molecule has 4 rings (SSSR count). The Morgan fingerprint density at radius 2 is 2.04 bits per heavy atom. The highest BCUT2D eigenvalue weighted by Crippen LogP contribution is 2.31. The minimum Gasteiger partial charge on any atom is -0.383 e. The molecule has 0 radical (unpaired) electrons. The first kappa shape index (κ1) is 18.9. The second-order valence-electron chi connectivity index (χ2n) is 7.37. The Morgan fingerprint density at radius 1 is 1.18 bits per heavy atom. The summed E-state index contributed by atoms with van der Waals surface area (Å²) in [6.45, 7) is 3.91. The van der Waals surface area contributed by atoms with Crippen LogP contribution >= 0.6 is 11.6 Å². The lowest BCUT2D eigenvalue weighted by molar-refractivity contribution is 0.365. The lowest BCUT2D eigenvalue weighted by Crippen LogP contribution is -2.37. The first-order valence-corrected chi connectivity index (χ1v) is 10.2. The normalized spacial score (nSPS) is 16.9. The van der Waals surface area contributed by atoms with Crippen LogP contribution in [0, 0.1) is 12.8 Å². The van der Waals surface area contributed by atoms with Gasteiger partial charge in [0.1, 0.15) is 5.15 Å². The van der Waals surface area contributed by atoms with Crippen LogP contribution in [0.4, 0.5) is 5.69 Å². The minimum atomic E-state index is 0.268. The molecule has 5 heteroatoms. The molecule has 0 bridgehead atoms. The van der Waals surface area contributed by atoms with Gasteiger partial charge in [-0.1, -0.05) is 41.9 Å². The molecule has 2 aromatic heterocycles. The van der Waals surface area contributed by atoms with E-state index in [1.54, 1.807) is 0 Å². The van der Waals surface area contributed by atoms with Gasteiger partial charge in [0.2, 0.25) is 0 Å². The molecule has 3 aromatic rings. The highest BCUT2D eigenvalue weighted by molar-refractivity contribution is 6.29. The molecule has 4 nitrogen and oxygen atoms in total. The number of fused-ring (bicyclic) bond motifs is 1. The maximum atomic E-state index is 5.98. The van der Waals surface area contributed by atoms with Gasteiger partial charge in [0, 0.05) is 30.9 Å². The number of pyridine rings is 2. The van der Waals surface area contributed by atoms with E-state index in [1.807, 2.05) is 24.5 Å². The standard InChI is InChI=1S/C23H25ClN4/c1-16-12-22(24)28-14-18(16)9-11-26-23(17-6-3-2-4-7-17)19-13-21-20(27-15-19)8-5-10-25-21/h2-8,10,12,14,19,23,26-27H,9,11,13,15H2,1H3/t19-,23-/m1/s1. The quantitative estimate of drug-likeness (QED) is 0.602. The molecule has 0 saturated carbocycles. The fourth-order valence-electron chi connectivity index (χ4n) is 3.95. The summed E-state index contributed by atoms with van der Waals surface area (Å²) in [5, 5.41) is 7.91. The molecule has 2 atom stereocenters. The van der Waals surface area contributed by atoms with Crippen molar-refractivity contribution >= 4 is 17.3 Å². The number of nitrogens with zero attached hydrogens (tertiary/aromatic N) is 2. The maximum absolute atomic E-state index is 5.98. The van der Waals surface area contributed by atoms with Gasteiger partial charge in [-0.25, -0.2) is 4.98 Å². The molecule has 0 aliphatic carbocycles. The van der Waals surface area contributed by atoms with E-state index in [9.17, 15) is 0 Å². The molecule has 144 valence electrons. The molecule has 3 heterocycles. The lowest BCUT2D eigenvalue weighted by atomic mass is 9.86. The van der Waals surface area contributed by atoms with Crippen molar-refractivity contribution in [2.24, 2.45) is 5.92 Å². The Morgan fingerprint density at radius 3 is 2.86 bits per heavy atom. The fourth-order valence-corrected chi connectivity index (χ4v) is 4.16. The number of aromatic nitrogens is 2. The number of hydrogen-bond donors (Lipinski definition) is 2. The highest BCUT2D eigenvalue weighted by Gasteiger charge is 2.27. The third-order valence-electron chi connectivity index (χ3n) is 5.47. The summed E-state index contributed by atoms with van der Waals surface area (Å²) in [5.41, 5.74) is 6.06. The number of aryl methyl sites for hydroxylation is 1. The summed E-state index contributed by atoms with van der Waals surface area (Å²) in [7, 11) is 0. The Labute approximate surface area is 171 Å². The van der Waals surface area contributed by atoms with Crippen molar-refractivity contribution in [3.05, 3.63) is 88.5 Å². The van der Waals surface area contributed by atoms with Crippen molar-refractivity contribution in [1.82, 2.24) is 15.3 Å². The zero-order chi connectivity index (χ0) is 19.3. The minimum absolute atomic E-state index is 0.268. The van der Waals surface area contributed by atoms with Gasteiger partial charge in [-0.15, -0.1) is 0 Å². The topological polar surface area (TPSA) is 49.8 Å². The molecule has 0 saturated heterocycles. The molecule has 28 heavy (non-hydrogen) atoms. The second kappa shape index (κ2) is 8.72. The molecule has 2 N–H and O–H groups in total. The highest BCUT2D eigenvalue weighted by atomic mass is 35.5. The van der Waals surface area contributed by atoms with E-state index >= 15 is 0 Å². The summed E-state index contributed by atoms with van der Waals surface area (Å²) in [5.74, 6) is 0.439. The zero-order valence-electron chi connectivity index (χ0n) is 16.0. The van der Waals surface area contributed by atoms with Crippen LogP contribution < -0.4 is 10.6 Å². The van der Waals surface area contributed by atoms with E-state index in [4.69, 9.17) is 11.6 Å². The monoisotopic (exact) mass is 392 g/mol. The molecule has 1 aliphatic heterocycles. The lowest BCUT2D eigenvalue weighted by Gasteiger charge is -2.33. The van der Waals surface area contributed by atoms with E-state index in [0.29, 0.717) is 11.1 Å². The molecular weight excluding hydrogens is 368 g/mol. The van der Waals surface area contributed by atoms with Gasteiger partial charge in [-0.3, -0.25) is 4.98 Å². The van der Waals surface area contributed by atoms with Gasteiger partial charge < -0.3 is 10.6 Å². The predicted molar refractivity (Wildman–Crippen MR) is 115 cm³/mol. The third kappa shape index (κ3) is 4.34. The van der Waals surface area contributed by atoms with Crippen LogP contribution in [0.15, 0.2) is 60.9 Å². The summed E-state index contributed by atoms with van der Waals surface area (Å²) >= 11 is 5.98. The molecule has 1 aromatic carbocycles. The summed E-state index contributed by atoms with van der Waals surface area (Å²) in [6, 6.07) is 17.0. The first-order valence-electron chi connectivity index (χ1n) is 9.78. The Balaban J connectivity index is 1.49. The van der Waals surface area contributed by atoms with Crippen LogP contribution in [-0.2, 0) is 12.8 Å². The number of halogens is 1. The van der Waals surface area contributed by atoms with Crippen molar-refractivity contribution < 1.29 is 0 Å². The van der Waals surface area contributed by atoms with Crippen LogP contribution in [0.25, 0.3) is 0 Å². The van der Waals surface area contributed by atoms with Crippen LogP contribution in [0.3, 0.4) is 0 Å². The van der Waals surface area contributed by atoms with E-state index in [-0.39, 0.29) is 6.04 Å². The van der Waals surface area contributed by atoms with Crippen molar-refractivity contribution in [1.29, 1.82) is 0 Å². The van der Waals surface area contributed by atoms with Crippen LogP contribution in [0.5, 0.6) is 0 Å². The van der Waals surface area contributed by atoms with Crippen LogP contribution in [0.1, 0.15) is 28.4 Å². The predicted octanol–water partition coefficient (Wildman–Crippen LogP) is 4.60. The van der Waals surface area contributed by atoms with Crippen LogP contribution in [-0.4, -0.2) is 23.1 Å². The zero-order valence-corrected chi connectivity index (χ0v) is 16.8. The number of hydrogen-bond acceptors (Lipinski definition) is 4. The number of rotatable bonds is 6. The third-order valence-corrected chi connectivity index (χ3v) is 5.68. The summed E-state index contributed by atoms with van der Waals surface area (Å²) in [6.07, 6.45) is 5.66. The maximum Gasteiger partial charge on any atom is 0.129 e. The molecule has 0 amide bonds. The number of benzene rings is 1. The number of anilines is 1. The molecule has 0 spiro atoms. The van der Waals surface area contributed by atoms with Gasteiger partial charge in [0.05, 0.1) is 11.4 Å². The van der Waals surface area contributed by atoms with Gasteiger partial charge >= 0.3 is 0 Å². The van der Waals surface area contributed by atoms with E-state index in [0.717, 1.165) is 37.3 Å². The van der Waals surface area contributed by atoms with Crippen molar-refractivity contribution in [2.75, 3.05) is 18.4 Å². The van der Waals surface area contributed by atoms with E-state index < -0.39 is 0 Å². The van der Waals surface area contributed by atoms with Crippen molar-refractivity contribution in [2.45, 2.75) is 25.8 Å². The molecule has 1 aliphatic rings. The Bertz CT molecular complexity index is 929. The summed E-state index contributed by atoms with van der Waals surface area (Å²) in [4.78, 5) is 8.81. The van der Waals surface area contributed by atoms with Gasteiger partial charge in [0.15, 0.2) is 0 Å². The molecule has 0 fully saturated rings. The fraction of sp³-hybridized carbons (Fsp3) is 0.304. The Kier molecular flexibility index (Phi) is 5.89. The van der Waals surface area contributed by atoms with Gasteiger partial charge in [-0.2, -0.15) is 0 Å². The largest absolute Gasteiger partial charge is 0.383 e. The van der Waals surface area contributed by atoms with Crippen molar-refractivity contribution in [3.63, 3.8) is 0 Å². The molecular formula is C23H25ClN4. The smallest absolute Gasteiger partial charge is 0.129 e.